The van der Waals surface area contributed by atoms with Gasteiger partial charge in [-0.15, -0.1) is 0 Å². The fourth-order valence-electron chi connectivity index (χ4n) is 12.5. The van der Waals surface area contributed by atoms with E-state index in [0.29, 0.717) is 0 Å². The van der Waals surface area contributed by atoms with E-state index in [4.69, 9.17) is 0 Å². The van der Waals surface area contributed by atoms with Gasteiger partial charge in [-0.3, -0.25) is 0 Å². The molecule has 0 bridgehead atoms. The van der Waals surface area contributed by atoms with Crippen LogP contribution in [-0.2, 0) is 10.8 Å². The van der Waals surface area contributed by atoms with Crippen LogP contribution in [0.15, 0.2) is 237 Å². The third-order valence-electron chi connectivity index (χ3n) is 15.8. The third-order valence-corrected chi connectivity index (χ3v) is 20.7. The topological polar surface area (TPSA) is 3.24 Å². The van der Waals surface area contributed by atoms with Crippen molar-refractivity contribution < 1.29 is 0 Å². The molecule has 13 rings (SSSR count). The molecule has 2 heteroatoms. The van der Waals surface area contributed by atoms with Gasteiger partial charge in [0, 0.05) is 27.9 Å². The van der Waals surface area contributed by atoms with Crippen LogP contribution in [-0.4, -0.2) is 8.07 Å². The Labute approximate surface area is 401 Å². The quantitative estimate of drug-likeness (QED) is 0.144. The average Bonchev–Trinajstić information content (AvgIpc) is 3.92. The molecule has 0 spiro atoms. The molecule has 10 aromatic rings. The van der Waals surface area contributed by atoms with E-state index in [9.17, 15) is 0 Å². The maximum Gasteiger partial charge on any atom is 0.180 e. The van der Waals surface area contributed by atoms with Crippen LogP contribution < -0.4 is 25.6 Å². The normalized spacial score (nSPS) is 14.8. The highest BCUT2D eigenvalue weighted by Gasteiger charge is 2.49. The lowest BCUT2D eigenvalue weighted by Gasteiger charge is -2.31. The first-order chi connectivity index (χ1) is 33.2. The summed E-state index contributed by atoms with van der Waals surface area (Å²) >= 11 is 0. The van der Waals surface area contributed by atoms with Gasteiger partial charge in [-0.25, -0.2) is 0 Å². The molecule has 1 aliphatic heterocycles. The molecule has 3 aliphatic rings. The maximum absolute atomic E-state index is 2.58. The molecular formula is C66H51NSi. The first-order valence-electron chi connectivity index (χ1n) is 24.1. The molecule has 0 radical (unpaired) electrons. The number of rotatable bonds is 7. The zero-order valence-electron chi connectivity index (χ0n) is 39.0. The van der Waals surface area contributed by atoms with E-state index < -0.39 is 8.07 Å². The molecule has 0 aromatic heterocycles. The van der Waals surface area contributed by atoms with Gasteiger partial charge in [0.25, 0.3) is 0 Å². The van der Waals surface area contributed by atoms with Crippen LogP contribution in [0.2, 0.25) is 0 Å². The van der Waals surface area contributed by atoms with E-state index in [0.717, 1.165) is 5.69 Å². The van der Waals surface area contributed by atoms with E-state index in [1.54, 1.807) is 0 Å². The van der Waals surface area contributed by atoms with Crippen molar-refractivity contribution in [3.05, 3.63) is 259 Å². The summed E-state index contributed by atoms with van der Waals surface area (Å²) in [5.74, 6) is 0. The second-order valence-electron chi connectivity index (χ2n) is 20.0. The van der Waals surface area contributed by atoms with Crippen LogP contribution in [0.1, 0.15) is 49.9 Å². The highest BCUT2D eigenvalue weighted by atomic mass is 28.3. The lowest BCUT2D eigenvalue weighted by molar-refractivity contribution is 0.660. The molecule has 1 nitrogen and oxygen atoms in total. The van der Waals surface area contributed by atoms with Crippen molar-refractivity contribution in [1.29, 1.82) is 0 Å². The van der Waals surface area contributed by atoms with Gasteiger partial charge in [0.2, 0.25) is 0 Å². The molecule has 0 fully saturated rings. The zero-order chi connectivity index (χ0) is 45.8. The van der Waals surface area contributed by atoms with Crippen LogP contribution in [0.3, 0.4) is 0 Å². The van der Waals surface area contributed by atoms with Gasteiger partial charge in [0.15, 0.2) is 8.07 Å². The van der Waals surface area contributed by atoms with Crippen LogP contribution in [0.4, 0.5) is 17.1 Å². The Kier molecular flexibility index (Phi) is 9.00. The van der Waals surface area contributed by atoms with E-state index >= 15 is 0 Å². The Morgan fingerprint density at radius 1 is 0.294 bits per heavy atom. The summed E-state index contributed by atoms with van der Waals surface area (Å²) in [4.78, 5) is 2.47. The molecule has 0 atom stereocenters. The number of hydrogen-bond donors (Lipinski definition) is 0. The number of nitrogens with zero attached hydrogens (tertiary/aromatic N) is 1. The molecule has 0 N–H and O–H groups in total. The number of hydrogen-bond acceptors (Lipinski definition) is 1. The third kappa shape index (κ3) is 5.80. The minimum Gasteiger partial charge on any atom is -0.310 e. The summed E-state index contributed by atoms with van der Waals surface area (Å²) in [6.07, 6.45) is 0. The largest absolute Gasteiger partial charge is 0.310 e. The van der Waals surface area contributed by atoms with Gasteiger partial charge < -0.3 is 4.90 Å². The predicted molar refractivity (Wildman–Crippen MR) is 290 cm³/mol. The summed E-state index contributed by atoms with van der Waals surface area (Å²) in [5, 5.41) is 5.77. The smallest absolute Gasteiger partial charge is 0.180 e. The molecule has 2 aliphatic carbocycles. The summed E-state index contributed by atoms with van der Waals surface area (Å²) in [6, 6.07) is 89.3. The summed E-state index contributed by atoms with van der Waals surface area (Å²) < 4.78 is 0. The molecule has 1 heterocycles. The first-order valence-corrected chi connectivity index (χ1v) is 26.1. The van der Waals surface area contributed by atoms with E-state index in [1.807, 2.05) is 0 Å². The fraction of sp³-hybridized carbons (Fsp3) is 0.0909. The van der Waals surface area contributed by atoms with Gasteiger partial charge >= 0.3 is 0 Å². The fourth-order valence-corrected chi connectivity index (χ4v) is 17.7. The number of anilines is 3. The Morgan fingerprint density at radius 3 is 1.24 bits per heavy atom. The van der Waals surface area contributed by atoms with Crippen molar-refractivity contribution in [2.45, 2.75) is 38.5 Å². The van der Waals surface area contributed by atoms with Crippen molar-refractivity contribution in [3.63, 3.8) is 0 Å². The summed E-state index contributed by atoms with van der Waals surface area (Å²) in [6.45, 7) is 9.48. The Bertz CT molecular complexity index is 3460. The molecule has 68 heavy (non-hydrogen) atoms. The Hall–Kier alpha value is -7.78. The van der Waals surface area contributed by atoms with Crippen molar-refractivity contribution in [3.8, 4) is 55.6 Å². The zero-order valence-corrected chi connectivity index (χ0v) is 40.0. The van der Waals surface area contributed by atoms with Crippen molar-refractivity contribution in [1.82, 2.24) is 0 Å². The predicted octanol–water partition coefficient (Wildman–Crippen LogP) is 14.5. The minimum atomic E-state index is -2.58. The first kappa shape index (κ1) is 40.5. The van der Waals surface area contributed by atoms with E-state index in [1.165, 1.54) is 110 Å². The Morgan fingerprint density at radius 2 is 0.691 bits per heavy atom. The van der Waals surface area contributed by atoms with Gasteiger partial charge in [-0.1, -0.05) is 228 Å². The lowest BCUT2D eigenvalue weighted by atomic mass is 9.82. The van der Waals surface area contributed by atoms with Crippen LogP contribution >= 0.6 is 0 Å². The minimum absolute atomic E-state index is 0.108. The van der Waals surface area contributed by atoms with Crippen LogP contribution in [0, 0.1) is 0 Å². The van der Waals surface area contributed by atoms with Gasteiger partial charge in [0.05, 0.1) is 0 Å². The number of fused-ring (bicyclic) bond motifs is 9. The van der Waals surface area contributed by atoms with E-state index in [-0.39, 0.29) is 10.8 Å². The Balaban J connectivity index is 0.890. The SMILES string of the molecule is CC1(C)c2ccccc2-c2ccc(N(c3ccc(-c4ccc(-c5cccc6c5-c5ccccc5[Si]6(c5ccccc5)c5ccccc5)cc4)cc3)c3ccc4c(c3)C(C)(C)c3ccccc3-4)cc21. The average molecular weight is 886 g/mol. The van der Waals surface area contributed by atoms with Crippen LogP contribution in [0.25, 0.3) is 55.6 Å². The highest BCUT2D eigenvalue weighted by Crippen LogP contribution is 2.53. The summed E-state index contributed by atoms with van der Waals surface area (Å²) in [7, 11) is -2.58. The second kappa shape index (κ2) is 15.1. The highest BCUT2D eigenvalue weighted by molar-refractivity contribution is 7.22. The molecule has 0 amide bonds. The molecule has 10 aromatic carbocycles. The van der Waals surface area contributed by atoms with Gasteiger partial charge in [-0.2, -0.15) is 0 Å². The standard InChI is InChI=1S/C66H51NSi/c1-65(2)58-26-14-11-22-53(58)55-40-38-48(42-60(55)65)67(49-39-41-56-54-23-12-15-27-59(54)66(3,4)61(56)43-49)47-36-34-45(35-37-47)44-30-32-46(33-31-44)52-25-17-29-63-64(52)57-24-13-16-28-62(57)68(63,50-18-7-5-8-19-50)51-20-9-6-10-21-51/h5-43H,1-4H3. The van der Waals surface area contributed by atoms with Crippen molar-refractivity contribution in [2.75, 3.05) is 4.90 Å². The van der Waals surface area contributed by atoms with Crippen LogP contribution in [0.5, 0.6) is 0 Å². The molecule has 324 valence electrons. The second-order valence-corrected chi connectivity index (χ2v) is 23.7. The van der Waals surface area contributed by atoms with Crippen molar-refractivity contribution in [2.24, 2.45) is 0 Å². The lowest BCUT2D eigenvalue weighted by Crippen LogP contribution is -2.72. The molecule has 0 unspecified atom stereocenters. The van der Waals surface area contributed by atoms with Gasteiger partial charge in [-0.05, 0) is 135 Å². The maximum atomic E-state index is 2.47. The van der Waals surface area contributed by atoms with E-state index in [2.05, 4.69) is 269 Å². The summed E-state index contributed by atoms with van der Waals surface area (Å²) in [5.41, 5.74) is 21.8. The molecule has 0 saturated carbocycles. The molecule has 0 saturated heterocycles. The monoisotopic (exact) mass is 885 g/mol. The van der Waals surface area contributed by atoms with Crippen molar-refractivity contribution >= 4 is 45.9 Å². The van der Waals surface area contributed by atoms with Gasteiger partial charge in [0.1, 0.15) is 0 Å². The molecular weight excluding hydrogens is 835 g/mol. The number of benzene rings is 10.